The van der Waals surface area contributed by atoms with Gasteiger partial charge in [-0.1, -0.05) is 17.7 Å². The number of nitrogens with zero attached hydrogens (tertiary/aromatic N) is 3. The summed E-state index contributed by atoms with van der Waals surface area (Å²) in [5.41, 5.74) is 5.44. The normalized spacial score (nSPS) is 16.5. The van der Waals surface area contributed by atoms with Gasteiger partial charge in [0, 0.05) is 29.7 Å². The minimum atomic E-state index is -0.489. The number of nitriles is 1. The Morgan fingerprint density at radius 3 is 2.48 bits per heavy atom. The van der Waals surface area contributed by atoms with Gasteiger partial charge in [0.25, 0.3) is 0 Å². The largest absolute Gasteiger partial charge is 0.463 e. The van der Waals surface area contributed by atoms with Gasteiger partial charge in [-0.3, -0.25) is 4.90 Å². The van der Waals surface area contributed by atoms with Crippen molar-refractivity contribution in [1.82, 2.24) is 9.88 Å². The van der Waals surface area contributed by atoms with Crippen LogP contribution >= 0.6 is 12.2 Å². The lowest BCUT2D eigenvalue weighted by Crippen LogP contribution is -2.48. The van der Waals surface area contributed by atoms with Crippen molar-refractivity contribution in [2.75, 3.05) is 11.5 Å². The van der Waals surface area contributed by atoms with E-state index in [4.69, 9.17) is 17.0 Å². The summed E-state index contributed by atoms with van der Waals surface area (Å²) in [5, 5.41) is 13.2. The SMILES string of the molecule is CCOC(=O)C1=C(C)N(c2ccc(C)cc2)C(=S)N[C@H]1c1cc(C#N)n(C)c1C. The van der Waals surface area contributed by atoms with Crippen molar-refractivity contribution in [3.05, 3.63) is 64.1 Å². The smallest absolute Gasteiger partial charge is 0.338 e. The van der Waals surface area contributed by atoms with Gasteiger partial charge < -0.3 is 14.6 Å². The Kier molecular flexibility index (Phi) is 5.76. The fourth-order valence-electron chi connectivity index (χ4n) is 3.58. The number of allylic oxidation sites excluding steroid dienone is 1. The second kappa shape index (κ2) is 8.10. The molecule has 1 aromatic heterocycles. The molecule has 0 radical (unpaired) electrons. The van der Waals surface area contributed by atoms with E-state index >= 15 is 0 Å². The summed E-state index contributed by atoms with van der Waals surface area (Å²) in [6.07, 6.45) is 0. The molecule has 1 aliphatic heterocycles. The lowest BCUT2D eigenvalue weighted by atomic mass is 9.94. The van der Waals surface area contributed by atoms with Crippen LogP contribution < -0.4 is 10.2 Å². The number of esters is 1. The lowest BCUT2D eigenvalue weighted by Gasteiger charge is -2.37. The van der Waals surface area contributed by atoms with Crippen molar-refractivity contribution in [2.24, 2.45) is 7.05 Å². The van der Waals surface area contributed by atoms with E-state index < -0.39 is 12.0 Å². The topological polar surface area (TPSA) is 70.3 Å². The highest BCUT2D eigenvalue weighted by atomic mass is 32.1. The first-order valence-electron chi connectivity index (χ1n) is 9.41. The zero-order valence-corrected chi connectivity index (χ0v) is 18.1. The Morgan fingerprint density at radius 1 is 1.28 bits per heavy atom. The monoisotopic (exact) mass is 408 g/mol. The molecule has 29 heavy (non-hydrogen) atoms. The minimum Gasteiger partial charge on any atom is -0.463 e. The zero-order valence-electron chi connectivity index (χ0n) is 17.2. The van der Waals surface area contributed by atoms with Gasteiger partial charge in [0.1, 0.15) is 11.8 Å². The van der Waals surface area contributed by atoms with Crippen LogP contribution in [0.2, 0.25) is 0 Å². The molecule has 0 unspecified atom stereocenters. The van der Waals surface area contributed by atoms with Crippen molar-refractivity contribution in [3.63, 3.8) is 0 Å². The number of carbonyl (C=O) groups is 1. The molecule has 0 saturated heterocycles. The van der Waals surface area contributed by atoms with E-state index in [0.717, 1.165) is 22.5 Å². The number of hydrogen-bond donors (Lipinski definition) is 1. The quantitative estimate of drug-likeness (QED) is 0.613. The third-order valence-corrected chi connectivity index (χ3v) is 5.57. The number of hydrogen-bond acceptors (Lipinski definition) is 4. The molecule has 0 bridgehead atoms. The number of aromatic nitrogens is 1. The summed E-state index contributed by atoms with van der Waals surface area (Å²) in [6, 6.07) is 11.4. The van der Waals surface area contributed by atoms with Crippen molar-refractivity contribution in [3.8, 4) is 6.07 Å². The molecule has 0 fully saturated rings. The maximum Gasteiger partial charge on any atom is 0.338 e. The van der Waals surface area contributed by atoms with E-state index in [9.17, 15) is 10.1 Å². The summed E-state index contributed by atoms with van der Waals surface area (Å²) in [6.45, 7) is 7.86. The molecule has 1 N–H and O–H groups in total. The highest BCUT2D eigenvalue weighted by Gasteiger charge is 2.37. The van der Waals surface area contributed by atoms with Crippen LogP contribution in [-0.2, 0) is 16.6 Å². The first kappa shape index (κ1) is 20.6. The van der Waals surface area contributed by atoms with Crippen molar-refractivity contribution in [1.29, 1.82) is 5.26 Å². The molecule has 0 amide bonds. The maximum absolute atomic E-state index is 12.9. The molecular formula is C22H24N4O2S. The lowest BCUT2D eigenvalue weighted by molar-refractivity contribution is -0.139. The molecule has 2 aromatic rings. The first-order valence-corrected chi connectivity index (χ1v) is 9.82. The van der Waals surface area contributed by atoms with Crippen LogP contribution in [-0.4, -0.2) is 22.3 Å². The van der Waals surface area contributed by atoms with Crippen LogP contribution in [0, 0.1) is 25.2 Å². The highest BCUT2D eigenvalue weighted by Crippen LogP contribution is 2.36. The Labute approximate surface area is 176 Å². The number of benzene rings is 1. The summed E-state index contributed by atoms with van der Waals surface area (Å²) in [5.74, 6) is -0.399. The third-order valence-electron chi connectivity index (χ3n) is 5.27. The number of carbonyl (C=O) groups excluding carboxylic acids is 1. The average molecular weight is 409 g/mol. The van der Waals surface area contributed by atoms with Crippen molar-refractivity contribution in [2.45, 2.75) is 33.7 Å². The molecule has 3 rings (SSSR count). The van der Waals surface area contributed by atoms with E-state index in [2.05, 4.69) is 11.4 Å². The maximum atomic E-state index is 12.9. The summed E-state index contributed by atoms with van der Waals surface area (Å²) >= 11 is 5.67. The number of nitrogens with one attached hydrogen (secondary N) is 1. The Morgan fingerprint density at radius 2 is 1.93 bits per heavy atom. The van der Waals surface area contributed by atoms with Gasteiger partial charge in [0.05, 0.1) is 18.2 Å². The molecule has 150 valence electrons. The van der Waals surface area contributed by atoms with Gasteiger partial charge in [-0.05, 0) is 58.1 Å². The zero-order chi connectivity index (χ0) is 21.3. The summed E-state index contributed by atoms with van der Waals surface area (Å²) < 4.78 is 7.18. The van der Waals surface area contributed by atoms with Crippen LogP contribution in [0.3, 0.4) is 0 Å². The van der Waals surface area contributed by atoms with Gasteiger partial charge in [-0.15, -0.1) is 0 Å². The van der Waals surface area contributed by atoms with Gasteiger partial charge in [0.2, 0.25) is 0 Å². The van der Waals surface area contributed by atoms with Gasteiger partial charge >= 0.3 is 5.97 Å². The second-order valence-electron chi connectivity index (χ2n) is 7.01. The predicted molar refractivity (Wildman–Crippen MR) is 116 cm³/mol. The molecule has 0 saturated carbocycles. The minimum absolute atomic E-state index is 0.272. The van der Waals surface area contributed by atoms with Crippen molar-refractivity contribution < 1.29 is 9.53 Å². The second-order valence-corrected chi connectivity index (χ2v) is 7.40. The van der Waals surface area contributed by atoms with E-state index in [1.807, 2.05) is 61.6 Å². The molecular weight excluding hydrogens is 384 g/mol. The Bertz CT molecular complexity index is 1040. The van der Waals surface area contributed by atoms with E-state index in [0.29, 0.717) is 22.1 Å². The molecule has 7 heteroatoms. The Balaban J connectivity index is 2.18. The molecule has 1 atom stereocenters. The standard InChI is InChI=1S/C22H24N4O2S/c1-6-28-21(27)19-15(4)26(16-9-7-13(2)8-10-16)22(29)24-20(19)18-11-17(12-23)25(5)14(18)3/h7-11,20H,6H2,1-5H3,(H,24,29)/t20-/m0/s1. The van der Waals surface area contributed by atoms with Crippen LogP contribution in [0.15, 0.2) is 41.6 Å². The summed E-state index contributed by atoms with van der Waals surface area (Å²) in [7, 11) is 1.83. The van der Waals surface area contributed by atoms with E-state index in [1.165, 1.54) is 0 Å². The molecule has 2 heterocycles. The highest BCUT2D eigenvalue weighted by molar-refractivity contribution is 7.80. The number of anilines is 1. The average Bonchev–Trinajstić information content (AvgIpc) is 2.97. The predicted octanol–water partition coefficient (Wildman–Crippen LogP) is 3.79. The van der Waals surface area contributed by atoms with E-state index in [-0.39, 0.29) is 6.61 Å². The summed E-state index contributed by atoms with van der Waals surface area (Å²) in [4.78, 5) is 14.8. The molecule has 1 aliphatic rings. The number of ether oxygens (including phenoxy) is 1. The molecule has 1 aromatic carbocycles. The van der Waals surface area contributed by atoms with Gasteiger partial charge in [-0.25, -0.2) is 4.79 Å². The first-order chi connectivity index (χ1) is 13.8. The molecule has 6 nitrogen and oxygen atoms in total. The number of rotatable bonds is 4. The van der Waals surface area contributed by atoms with Crippen LogP contribution in [0.1, 0.15) is 42.4 Å². The van der Waals surface area contributed by atoms with Crippen LogP contribution in [0.4, 0.5) is 5.69 Å². The Hall–Kier alpha value is -3.11. The number of aryl methyl sites for hydroxylation is 1. The van der Waals surface area contributed by atoms with Crippen LogP contribution in [0.25, 0.3) is 0 Å². The van der Waals surface area contributed by atoms with Gasteiger partial charge in [-0.2, -0.15) is 5.26 Å². The van der Waals surface area contributed by atoms with Crippen molar-refractivity contribution >= 4 is 29.0 Å². The van der Waals surface area contributed by atoms with Crippen LogP contribution in [0.5, 0.6) is 0 Å². The molecule has 0 spiro atoms. The molecule has 0 aliphatic carbocycles. The van der Waals surface area contributed by atoms with E-state index in [1.54, 1.807) is 13.0 Å². The third kappa shape index (κ3) is 3.64. The number of thiocarbonyl (C=S) groups is 1. The fourth-order valence-corrected chi connectivity index (χ4v) is 3.94. The van der Waals surface area contributed by atoms with Gasteiger partial charge in [0.15, 0.2) is 5.11 Å². The fraction of sp³-hybridized carbons (Fsp3) is 0.318.